The van der Waals surface area contributed by atoms with E-state index in [1.165, 1.54) is 95.6 Å². The van der Waals surface area contributed by atoms with Crippen LogP contribution in [0.3, 0.4) is 0 Å². The van der Waals surface area contributed by atoms with Gasteiger partial charge in [-0.3, -0.25) is 0 Å². The lowest BCUT2D eigenvalue weighted by molar-refractivity contribution is -0.142. The molecule has 0 fully saturated rings. The standard InChI is InChI=1S/C21H39I3O2Si/c1-3-21(25)26-20(2)18-16-14-12-10-8-6-4-5-7-9-11-13-15-17-19-27(22,23)24/h3,20H,1,4-19H2,2H3. The van der Waals surface area contributed by atoms with Gasteiger partial charge in [0.25, 0.3) is 0.564 Å². The zero-order valence-corrected chi connectivity index (χ0v) is 24.6. The first-order chi connectivity index (χ1) is 12.8. The van der Waals surface area contributed by atoms with E-state index >= 15 is 0 Å². The van der Waals surface area contributed by atoms with Gasteiger partial charge in [-0.2, -0.15) is 0 Å². The number of ether oxygens (including phenoxy) is 1. The Labute approximate surface area is 207 Å². The summed E-state index contributed by atoms with van der Waals surface area (Å²) in [7, 11) is 0. The van der Waals surface area contributed by atoms with Crippen molar-refractivity contribution in [2.45, 2.75) is 115 Å². The van der Waals surface area contributed by atoms with E-state index in [9.17, 15) is 4.79 Å². The number of unbranched alkanes of at least 4 members (excludes halogenated alkanes) is 13. The Hall–Kier alpha value is 1.62. The Balaban J connectivity index is 3.17. The maximum absolute atomic E-state index is 11.1. The molecule has 0 heterocycles. The first-order valence-corrected chi connectivity index (χ1v) is 22.3. The van der Waals surface area contributed by atoms with Crippen LogP contribution in [-0.2, 0) is 9.53 Å². The predicted molar refractivity (Wildman–Crippen MR) is 148 cm³/mol. The lowest BCUT2D eigenvalue weighted by Gasteiger charge is -2.11. The lowest BCUT2D eigenvalue weighted by Crippen LogP contribution is -2.12. The minimum atomic E-state index is -0.886. The molecule has 0 rings (SSSR count). The lowest BCUT2D eigenvalue weighted by atomic mass is 10.0. The first kappa shape index (κ1) is 28.6. The van der Waals surface area contributed by atoms with E-state index < -0.39 is 0.564 Å². The van der Waals surface area contributed by atoms with E-state index in [1.807, 2.05) is 6.92 Å². The van der Waals surface area contributed by atoms with Crippen molar-refractivity contribution in [2.24, 2.45) is 0 Å². The van der Waals surface area contributed by atoms with Crippen LogP contribution >= 0.6 is 65.4 Å². The van der Waals surface area contributed by atoms with Crippen molar-refractivity contribution in [3.05, 3.63) is 12.7 Å². The molecule has 0 amide bonds. The monoisotopic (exact) mass is 732 g/mol. The molecule has 160 valence electrons. The van der Waals surface area contributed by atoms with Crippen LogP contribution < -0.4 is 0 Å². The van der Waals surface area contributed by atoms with Crippen molar-refractivity contribution in [1.29, 1.82) is 0 Å². The van der Waals surface area contributed by atoms with Crippen LogP contribution in [0.5, 0.6) is 0 Å². The van der Waals surface area contributed by atoms with E-state index in [1.54, 1.807) is 0 Å². The molecule has 2 nitrogen and oxygen atoms in total. The van der Waals surface area contributed by atoms with E-state index in [0.29, 0.717) is 0 Å². The predicted octanol–water partition coefficient (Wildman–Crippen LogP) is 9.20. The quantitative estimate of drug-likeness (QED) is 0.0331. The summed E-state index contributed by atoms with van der Waals surface area (Å²) in [6, 6.07) is 1.47. The minimum Gasteiger partial charge on any atom is -0.460 e. The minimum absolute atomic E-state index is 0.0229. The molecule has 1 unspecified atom stereocenters. The van der Waals surface area contributed by atoms with Gasteiger partial charge in [0.1, 0.15) is 0 Å². The van der Waals surface area contributed by atoms with Gasteiger partial charge < -0.3 is 4.74 Å². The van der Waals surface area contributed by atoms with Crippen LogP contribution in [0.1, 0.15) is 103 Å². The largest absolute Gasteiger partial charge is 0.460 e. The fraction of sp³-hybridized carbons (Fsp3) is 0.857. The van der Waals surface area contributed by atoms with E-state index in [0.717, 1.165) is 12.8 Å². The molecule has 0 saturated carbocycles. The molecule has 1 atom stereocenters. The van der Waals surface area contributed by atoms with E-state index in [-0.39, 0.29) is 12.1 Å². The normalized spacial score (nSPS) is 12.7. The Morgan fingerprint density at radius 3 is 1.56 bits per heavy atom. The van der Waals surface area contributed by atoms with Crippen molar-refractivity contribution in [3.8, 4) is 0 Å². The summed E-state index contributed by atoms with van der Waals surface area (Å²) < 4.78 is 4.29. The maximum Gasteiger partial charge on any atom is 0.330 e. The van der Waals surface area contributed by atoms with Gasteiger partial charge in [-0.25, -0.2) is 4.79 Å². The van der Waals surface area contributed by atoms with Crippen LogP contribution in [-0.4, -0.2) is 12.6 Å². The Morgan fingerprint density at radius 1 is 0.815 bits per heavy atom. The molecule has 0 saturated heterocycles. The summed E-state index contributed by atoms with van der Waals surface area (Å²) >= 11 is 8.03. The van der Waals surface area contributed by atoms with Gasteiger partial charge in [0.15, 0.2) is 0 Å². The second kappa shape index (κ2) is 19.6. The Kier molecular flexibility index (Phi) is 20.7. The fourth-order valence-corrected chi connectivity index (χ4v) is 7.27. The third-order valence-electron chi connectivity index (χ3n) is 4.80. The molecule has 0 aromatic heterocycles. The molecule has 0 bridgehead atoms. The van der Waals surface area contributed by atoms with Gasteiger partial charge in [-0.1, -0.05) is 155 Å². The third kappa shape index (κ3) is 23.8. The van der Waals surface area contributed by atoms with Gasteiger partial charge in [0, 0.05) is 6.08 Å². The van der Waals surface area contributed by atoms with Gasteiger partial charge in [0.2, 0.25) is 0 Å². The highest BCUT2D eigenvalue weighted by Gasteiger charge is 2.19. The SMILES string of the molecule is C=CC(=O)OC(C)CCCCCCCCCCCCCCCC[Si](I)(I)I. The molecular formula is C21H39I3O2Si. The molecule has 0 N–H and O–H groups in total. The zero-order valence-electron chi connectivity index (χ0n) is 17.1. The van der Waals surface area contributed by atoms with Crippen LogP contribution in [0.25, 0.3) is 0 Å². The third-order valence-corrected chi connectivity index (χ3v) is 10.6. The summed E-state index contributed by atoms with van der Waals surface area (Å²) in [6.45, 7) is 5.39. The zero-order chi connectivity index (χ0) is 20.4. The van der Waals surface area contributed by atoms with Crippen LogP contribution in [0.15, 0.2) is 12.7 Å². The molecule has 0 aliphatic rings. The van der Waals surface area contributed by atoms with Gasteiger partial charge >= 0.3 is 5.97 Å². The summed E-state index contributed by atoms with van der Waals surface area (Å²) in [5.41, 5.74) is 0. The van der Waals surface area contributed by atoms with Gasteiger partial charge in [-0.05, 0) is 25.8 Å². The highest BCUT2D eigenvalue weighted by molar-refractivity contribution is 14.4. The molecule has 0 radical (unpaired) electrons. The number of halogens is 3. The summed E-state index contributed by atoms with van der Waals surface area (Å²) in [5.74, 6) is -0.302. The number of hydrogen-bond donors (Lipinski definition) is 0. The van der Waals surface area contributed by atoms with Crippen LogP contribution in [0.4, 0.5) is 0 Å². The molecular weight excluding hydrogens is 693 g/mol. The number of hydrogen-bond acceptors (Lipinski definition) is 2. The molecule has 27 heavy (non-hydrogen) atoms. The number of rotatable bonds is 19. The van der Waals surface area contributed by atoms with Crippen molar-refractivity contribution >= 4 is 71.9 Å². The summed E-state index contributed by atoms with van der Waals surface area (Å²) in [6.07, 6.45) is 21.6. The highest BCUT2D eigenvalue weighted by atomic mass is 127. The molecule has 0 aromatic carbocycles. The summed E-state index contributed by atoms with van der Waals surface area (Å²) in [5, 5.41) is 0. The summed E-state index contributed by atoms with van der Waals surface area (Å²) in [4.78, 5) is 11.1. The van der Waals surface area contributed by atoms with Crippen LogP contribution in [0.2, 0.25) is 6.04 Å². The fourth-order valence-electron chi connectivity index (χ4n) is 3.18. The molecule has 0 aliphatic carbocycles. The van der Waals surface area contributed by atoms with Crippen LogP contribution in [0, 0.1) is 0 Å². The molecule has 0 aromatic rings. The Bertz CT molecular complexity index is 373. The number of esters is 1. The maximum atomic E-state index is 11.1. The second-order valence-electron chi connectivity index (χ2n) is 7.56. The highest BCUT2D eigenvalue weighted by Crippen LogP contribution is 2.35. The van der Waals surface area contributed by atoms with Crippen molar-refractivity contribution < 1.29 is 9.53 Å². The molecule has 6 heteroatoms. The van der Waals surface area contributed by atoms with E-state index in [2.05, 4.69) is 72.0 Å². The van der Waals surface area contributed by atoms with Crippen molar-refractivity contribution in [2.75, 3.05) is 0 Å². The van der Waals surface area contributed by atoms with Crippen molar-refractivity contribution in [1.82, 2.24) is 0 Å². The van der Waals surface area contributed by atoms with Gasteiger partial charge in [0.05, 0.1) is 6.10 Å². The smallest absolute Gasteiger partial charge is 0.330 e. The average molecular weight is 732 g/mol. The number of carbonyl (C=O) groups is 1. The first-order valence-electron chi connectivity index (χ1n) is 10.7. The second-order valence-corrected chi connectivity index (χ2v) is 44.4. The molecule has 0 spiro atoms. The topological polar surface area (TPSA) is 26.3 Å². The van der Waals surface area contributed by atoms with Gasteiger partial charge in [-0.15, -0.1) is 0 Å². The average Bonchev–Trinajstić information content (AvgIpc) is 2.60. The van der Waals surface area contributed by atoms with E-state index in [4.69, 9.17) is 4.74 Å². The molecule has 0 aliphatic heterocycles. The number of carbonyl (C=O) groups excluding carboxylic acids is 1. The Morgan fingerprint density at radius 2 is 1.19 bits per heavy atom. The van der Waals surface area contributed by atoms with Crippen molar-refractivity contribution in [3.63, 3.8) is 0 Å².